The second-order valence-corrected chi connectivity index (χ2v) is 13.4. The van der Waals surface area contributed by atoms with Crippen molar-refractivity contribution in [2.45, 2.75) is 116 Å². The molecule has 4 rings (SSSR count). The van der Waals surface area contributed by atoms with E-state index in [0.717, 1.165) is 0 Å². The van der Waals surface area contributed by atoms with E-state index in [9.17, 15) is 38.4 Å². The summed E-state index contributed by atoms with van der Waals surface area (Å²) in [4.78, 5) is 99.6. The Morgan fingerprint density at radius 3 is 1.19 bits per heavy atom. The molecular formula is C38H48N2O18. The SMILES string of the molecule is CC(=O)OC[C@H]1O[C@@H](N2C=CCC(C(=O)OCCCCOC(=O)C3=CN([C@@H]4O[C@H](COC(C)=O)[C@@H](OC(C)=O)[C@H]4OC(C)=O)C=CC3)=C2)[C@H](OC(C)=O)[C@@H]1OC(C)=O. The minimum absolute atomic E-state index is 0.000200. The molecule has 0 N–H and O–H groups in total. The zero-order chi connectivity index (χ0) is 42.5. The fourth-order valence-corrected chi connectivity index (χ4v) is 6.33. The molecule has 8 atom stereocenters. The lowest BCUT2D eigenvalue weighted by molar-refractivity contribution is -0.166. The molecule has 4 aliphatic rings. The van der Waals surface area contributed by atoms with Crippen LogP contribution in [0.3, 0.4) is 0 Å². The number of carbonyl (C=O) groups is 8. The molecule has 0 aliphatic carbocycles. The number of nitrogens with zero attached hydrogens (tertiary/aromatic N) is 2. The summed E-state index contributed by atoms with van der Waals surface area (Å²) in [7, 11) is 0. The van der Waals surface area contributed by atoms with Crippen LogP contribution in [0.4, 0.5) is 0 Å². The maximum atomic E-state index is 13.0. The van der Waals surface area contributed by atoms with Crippen LogP contribution in [-0.4, -0.2) is 133 Å². The zero-order valence-corrected chi connectivity index (χ0v) is 33.0. The normalized spacial score (nSPS) is 26.1. The molecule has 0 aromatic carbocycles. The van der Waals surface area contributed by atoms with Gasteiger partial charge in [0, 0.05) is 79.2 Å². The van der Waals surface area contributed by atoms with Gasteiger partial charge in [0.15, 0.2) is 36.9 Å². The fourth-order valence-electron chi connectivity index (χ4n) is 6.33. The standard InChI is InChI=1S/C38H48N2O18/c1-21(41)51-19-29-31(53-23(3)43)33(55-25(5)45)35(57-29)39-13-9-11-27(17-39)37(47)49-15-7-8-16-50-38(48)28-12-10-14-40(18-28)36-34(56-26(6)46)32(54-24(4)44)30(58-36)20-52-22(2)42/h9-10,13-14,17-18,29-36H,7-8,11-12,15-16,19-20H2,1-6H3/t29-,30-,31-,32-,33-,34-,35-,36-/m1/s1. The van der Waals surface area contributed by atoms with Crippen LogP contribution in [0.2, 0.25) is 0 Å². The van der Waals surface area contributed by atoms with Crippen LogP contribution in [0.15, 0.2) is 48.1 Å². The number of carbonyl (C=O) groups excluding carboxylic acids is 8. The van der Waals surface area contributed by atoms with E-state index < -0.39 is 96.8 Å². The smallest absolute Gasteiger partial charge is 0.335 e. The van der Waals surface area contributed by atoms with Crippen molar-refractivity contribution in [3.8, 4) is 0 Å². The minimum Gasteiger partial charge on any atom is -0.463 e. The van der Waals surface area contributed by atoms with E-state index in [4.69, 9.17) is 47.4 Å². The highest BCUT2D eigenvalue weighted by molar-refractivity contribution is 5.89. The van der Waals surface area contributed by atoms with Crippen LogP contribution >= 0.6 is 0 Å². The molecule has 0 radical (unpaired) electrons. The molecule has 0 amide bonds. The minimum atomic E-state index is -1.14. The van der Waals surface area contributed by atoms with Crippen molar-refractivity contribution in [1.29, 1.82) is 0 Å². The molecule has 4 heterocycles. The topological polar surface area (TPSA) is 235 Å². The van der Waals surface area contributed by atoms with Gasteiger partial charge in [-0.3, -0.25) is 28.8 Å². The van der Waals surface area contributed by atoms with Gasteiger partial charge >= 0.3 is 47.8 Å². The average Bonchev–Trinajstić information content (AvgIpc) is 3.66. The van der Waals surface area contributed by atoms with Gasteiger partial charge in [0.05, 0.1) is 24.4 Å². The van der Waals surface area contributed by atoms with Crippen molar-refractivity contribution in [2.24, 2.45) is 0 Å². The molecule has 20 nitrogen and oxygen atoms in total. The van der Waals surface area contributed by atoms with Crippen molar-refractivity contribution >= 4 is 47.8 Å². The monoisotopic (exact) mass is 820 g/mol. The van der Waals surface area contributed by atoms with E-state index in [2.05, 4.69) is 0 Å². The van der Waals surface area contributed by atoms with Gasteiger partial charge in [0.25, 0.3) is 0 Å². The van der Waals surface area contributed by atoms with Gasteiger partial charge in [-0.2, -0.15) is 0 Å². The predicted molar refractivity (Wildman–Crippen MR) is 191 cm³/mol. The lowest BCUT2D eigenvalue weighted by Crippen LogP contribution is -2.44. The lowest BCUT2D eigenvalue weighted by atomic mass is 10.1. The first-order valence-electron chi connectivity index (χ1n) is 18.4. The van der Waals surface area contributed by atoms with Crippen LogP contribution in [0.1, 0.15) is 67.2 Å². The largest absolute Gasteiger partial charge is 0.463 e. The molecule has 2 fully saturated rings. The first-order chi connectivity index (χ1) is 27.5. The molecular weight excluding hydrogens is 772 g/mol. The Balaban J connectivity index is 1.29. The molecule has 2 saturated heterocycles. The third kappa shape index (κ3) is 12.9. The van der Waals surface area contributed by atoms with E-state index in [1.54, 1.807) is 24.6 Å². The van der Waals surface area contributed by atoms with Gasteiger partial charge < -0.3 is 57.2 Å². The van der Waals surface area contributed by atoms with Crippen LogP contribution in [0.5, 0.6) is 0 Å². The van der Waals surface area contributed by atoms with Gasteiger partial charge in [-0.25, -0.2) is 9.59 Å². The Bertz CT molecular complexity index is 1580. The number of esters is 8. The third-order valence-electron chi connectivity index (χ3n) is 8.64. The Kier molecular flexibility index (Phi) is 16.4. The van der Waals surface area contributed by atoms with E-state index in [0.29, 0.717) is 12.8 Å². The van der Waals surface area contributed by atoms with E-state index in [-0.39, 0.29) is 50.4 Å². The summed E-state index contributed by atoms with van der Waals surface area (Å²) >= 11 is 0. The van der Waals surface area contributed by atoms with Gasteiger partial charge in [-0.1, -0.05) is 12.2 Å². The van der Waals surface area contributed by atoms with Crippen molar-refractivity contribution in [2.75, 3.05) is 26.4 Å². The summed E-state index contributed by atoms with van der Waals surface area (Å²) in [6.07, 6.45) is 2.03. The summed E-state index contributed by atoms with van der Waals surface area (Å²) in [5.74, 6) is -5.15. The molecule has 0 bridgehead atoms. The first-order valence-corrected chi connectivity index (χ1v) is 18.4. The average molecular weight is 821 g/mol. The predicted octanol–water partition coefficient (Wildman–Crippen LogP) is 1.36. The van der Waals surface area contributed by atoms with Gasteiger partial charge in [-0.15, -0.1) is 0 Å². The Morgan fingerprint density at radius 1 is 0.517 bits per heavy atom. The summed E-state index contributed by atoms with van der Waals surface area (Å²) in [6.45, 7) is 6.54. The fraction of sp³-hybridized carbons (Fsp3) is 0.579. The Morgan fingerprint density at radius 2 is 0.862 bits per heavy atom. The van der Waals surface area contributed by atoms with E-state index in [1.807, 2.05) is 0 Å². The molecule has 0 aromatic heterocycles. The van der Waals surface area contributed by atoms with Crippen molar-refractivity contribution in [3.05, 3.63) is 48.1 Å². The third-order valence-corrected chi connectivity index (χ3v) is 8.64. The second-order valence-electron chi connectivity index (χ2n) is 13.4. The summed E-state index contributed by atoms with van der Waals surface area (Å²) < 4.78 is 54.8. The number of allylic oxidation sites excluding steroid dienone is 2. The van der Waals surface area contributed by atoms with E-state index >= 15 is 0 Å². The highest BCUT2D eigenvalue weighted by atomic mass is 16.7. The number of unbranched alkanes of at least 4 members (excludes halogenated alkanes) is 1. The molecule has 20 heteroatoms. The summed E-state index contributed by atoms with van der Waals surface area (Å²) in [5.41, 5.74) is 0.486. The second kappa shape index (κ2) is 21.1. The van der Waals surface area contributed by atoms with Crippen LogP contribution in [-0.2, 0) is 85.7 Å². The number of hydrogen-bond donors (Lipinski definition) is 0. The summed E-state index contributed by atoms with van der Waals surface area (Å²) in [5, 5.41) is 0. The van der Waals surface area contributed by atoms with Gasteiger partial charge in [0.1, 0.15) is 25.4 Å². The van der Waals surface area contributed by atoms with Crippen molar-refractivity contribution in [3.63, 3.8) is 0 Å². The maximum absolute atomic E-state index is 13.0. The van der Waals surface area contributed by atoms with E-state index in [1.165, 1.54) is 63.7 Å². The maximum Gasteiger partial charge on any atom is 0.335 e. The Labute approximate surface area is 333 Å². The number of ether oxygens (including phenoxy) is 10. The van der Waals surface area contributed by atoms with Gasteiger partial charge in [-0.05, 0) is 12.8 Å². The summed E-state index contributed by atoms with van der Waals surface area (Å²) in [6, 6.07) is 0. The molecule has 0 spiro atoms. The quantitative estimate of drug-likeness (QED) is 0.114. The molecule has 0 saturated carbocycles. The number of rotatable bonds is 17. The molecule has 318 valence electrons. The van der Waals surface area contributed by atoms with Crippen LogP contribution in [0.25, 0.3) is 0 Å². The van der Waals surface area contributed by atoms with Crippen molar-refractivity contribution < 1.29 is 85.7 Å². The first kappa shape index (κ1) is 44.9. The van der Waals surface area contributed by atoms with Crippen LogP contribution < -0.4 is 0 Å². The van der Waals surface area contributed by atoms with Crippen LogP contribution in [0, 0.1) is 0 Å². The molecule has 4 aliphatic heterocycles. The zero-order valence-electron chi connectivity index (χ0n) is 33.0. The molecule has 58 heavy (non-hydrogen) atoms. The highest BCUT2D eigenvalue weighted by Gasteiger charge is 2.53. The molecule has 0 unspecified atom stereocenters. The lowest BCUT2D eigenvalue weighted by Gasteiger charge is -2.30. The Hall–Kier alpha value is -5.76. The van der Waals surface area contributed by atoms with Crippen molar-refractivity contribution in [1.82, 2.24) is 9.80 Å². The molecule has 0 aromatic rings. The number of hydrogen-bond acceptors (Lipinski definition) is 20. The van der Waals surface area contributed by atoms with Gasteiger partial charge in [0.2, 0.25) is 0 Å². The highest BCUT2D eigenvalue weighted by Crippen LogP contribution is 2.34.